The van der Waals surface area contributed by atoms with Crippen molar-refractivity contribution in [3.8, 4) is 0 Å². The Kier molecular flexibility index (Phi) is 4.38. The molecule has 0 amide bonds. The summed E-state index contributed by atoms with van der Waals surface area (Å²) >= 11 is 9.13. The van der Waals surface area contributed by atoms with Crippen LogP contribution in [-0.2, 0) is 6.42 Å². The van der Waals surface area contributed by atoms with Crippen molar-refractivity contribution in [3.63, 3.8) is 0 Å². The van der Waals surface area contributed by atoms with E-state index in [9.17, 15) is 9.50 Å². The van der Waals surface area contributed by atoms with E-state index in [4.69, 9.17) is 11.6 Å². The minimum Gasteiger partial charge on any atom is -0.388 e. The molecule has 0 fully saturated rings. The van der Waals surface area contributed by atoms with Gasteiger partial charge < -0.3 is 5.11 Å². The summed E-state index contributed by atoms with van der Waals surface area (Å²) in [5.41, 5.74) is 1.49. The van der Waals surface area contributed by atoms with Gasteiger partial charge in [0.1, 0.15) is 5.82 Å². The minimum absolute atomic E-state index is 0.309. The maximum Gasteiger partial charge on any atom is 0.123 e. The molecule has 0 aliphatic rings. The van der Waals surface area contributed by atoms with Crippen LogP contribution in [0.4, 0.5) is 4.39 Å². The lowest BCUT2D eigenvalue weighted by atomic mass is 10.0. The molecular weight excluding hydrogens is 319 g/mol. The third-order valence-electron chi connectivity index (χ3n) is 2.68. The molecule has 1 atom stereocenters. The third-order valence-corrected chi connectivity index (χ3v) is 3.70. The summed E-state index contributed by atoms with van der Waals surface area (Å²) in [7, 11) is 0. The van der Waals surface area contributed by atoms with Crippen molar-refractivity contribution < 1.29 is 9.50 Å². The molecule has 1 unspecified atom stereocenters. The molecule has 2 rings (SSSR count). The van der Waals surface area contributed by atoms with E-state index in [2.05, 4.69) is 15.9 Å². The average molecular weight is 330 g/mol. The van der Waals surface area contributed by atoms with Crippen LogP contribution in [0.15, 0.2) is 46.9 Å². The van der Waals surface area contributed by atoms with E-state index in [1.807, 2.05) is 0 Å². The lowest BCUT2D eigenvalue weighted by molar-refractivity contribution is 0.178. The molecule has 0 bridgehead atoms. The molecule has 0 saturated carbocycles. The highest BCUT2D eigenvalue weighted by Gasteiger charge is 2.11. The fourth-order valence-corrected chi connectivity index (χ4v) is 2.25. The van der Waals surface area contributed by atoms with Crippen LogP contribution in [0.5, 0.6) is 0 Å². The van der Waals surface area contributed by atoms with Crippen LogP contribution in [0, 0.1) is 5.82 Å². The molecule has 0 aromatic heterocycles. The van der Waals surface area contributed by atoms with E-state index < -0.39 is 6.10 Å². The van der Waals surface area contributed by atoms with Crippen molar-refractivity contribution in [2.45, 2.75) is 12.5 Å². The zero-order valence-corrected chi connectivity index (χ0v) is 11.7. The van der Waals surface area contributed by atoms with E-state index in [1.165, 1.54) is 12.1 Å². The quantitative estimate of drug-likeness (QED) is 0.878. The first-order chi connectivity index (χ1) is 8.56. The monoisotopic (exact) mass is 328 g/mol. The minimum atomic E-state index is -0.680. The smallest absolute Gasteiger partial charge is 0.123 e. The summed E-state index contributed by atoms with van der Waals surface area (Å²) in [6, 6.07) is 11.4. The summed E-state index contributed by atoms with van der Waals surface area (Å²) in [6.07, 6.45) is -0.333. The third kappa shape index (κ3) is 3.31. The second-order valence-electron chi connectivity index (χ2n) is 4.01. The SMILES string of the molecule is OC(Cc1cc(F)ccc1Br)c1ccc(Cl)cc1. The molecule has 0 radical (unpaired) electrons. The fourth-order valence-electron chi connectivity index (χ4n) is 1.71. The lowest BCUT2D eigenvalue weighted by Gasteiger charge is -2.12. The van der Waals surface area contributed by atoms with Gasteiger partial charge in [-0.05, 0) is 41.5 Å². The highest BCUT2D eigenvalue weighted by atomic mass is 79.9. The summed E-state index contributed by atoms with van der Waals surface area (Å²) in [5.74, 6) is -0.309. The van der Waals surface area contributed by atoms with Gasteiger partial charge >= 0.3 is 0 Å². The molecule has 0 saturated heterocycles. The molecule has 0 heterocycles. The highest BCUT2D eigenvalue weighted by molar-refractivity contribution is 9.10. The molecule has 94 valence electrons. The maximum absolute atomic E-state index is 13.1. The Morgan fingerprint density at radius 1 is 1.17 bits per heavy atom. The summed E-state index contributed by atoms with van der Waals surface area (Å²) in [6.45, 7) is 0. The molecule has 18 heavy (non-hydrogen) atoms. The largest absolute Gasteiger partial charge is 0.388 e. The van der Waals surface area contributed by atoms with Gasteiger partial charge in [-0.1, -0.05) is 39.7 Å². The highest BCUT2D eigenvalue weighted by Crippen LogP contribution is 2.25. The number of aliphatic hydroxyl groups is 1. The van der Waals surface area contributed by atoms with Gasteiger partial charge in [0.15, 0.2) is 0 Å². The molecule has 2 aromatic carbocycles. The number of hydrogen-bond donors (Lipinski definition) is 1. The van der Waals surface area contributed by atoms with E-state index in [0.29, 0.717) is 11.4 Å². The van der Waals surface area contributed by atoms with Crippen LogP contribution in [-0.4, -0.2) is 5.11 Å². The zero-order chi connectivity index (χ0) is 13.1. The molecule has 2 aromatic rings. The normalized spacial score (nSPS) is 12.4. The van der Waals surface area contributed by atoms with Gasteiger partial charge in [-0.15, -0.1) is 0 Å². The van der Waals surface area contributed by atoms with Gasteiger partial charge in [0.05, 0.1) is 6.10 Å². The molecule has 0 aliphatic heterocycles. The van der Waals surface area contributed by atoms with Crippen LogP contribution >= 0.6 is 27.5 Å². The van der Waals surface area contributed by atoms with Gasteiger partial charge in [-0.25, -0.2) is 4.39 Å². The van der Waals surface area contributed by atoms with Gasteiger partial charge in [0, 0.05) is 15.9 Å². The second kappa shape index (κ2) is 5.83. The number of benzene rings is 2. The van der Waals surface area contributed by atoms with Crippen molar-refractivity contribution >= 4 is 27.5 Å². The number of rotatable bonds is 3. The van der Waals surface area contributed by atoms with E-state index in [0.717, 1.165) is 15.6 Å². The van der Waals surface area contributed by atoms with Crippen molar-refractivity contribution in [1.29, 1.82) is 0 Å². The topological polar surface area (TPSA) is 20.2 Å². The van der Waals surface area contributed by atoms with Crippen molar-refractivity contribution in [2.75, 3.05) is 0 Å². The second-order valence-corrected chi connectivity index (χ2v) is 5.30. The Balaban J connectivity index is 2.18. The maximum atomic E-state index is 13.1. The van der Waals surface area contributed by atoms with Crippen LogP contribution < -0.4 is 0 Å². The standard InChI is InChI=1S/C14H11BrClFO/c15-13-6-5-12(17)7-10(13)8-14(18)9-1-3-11(16)4-2-9/h1-7,14,18H,8H2. The summed E-state index contributed by atoms with van der Waals surface area (Å²) < 4.78 is 13.9. The van der Waals surface area contributed by atoms with Crippen molar-refractivity contribution in [1.82, 2.24) is 0 Å². The summed E-state index contributed by atoms with van der Waals surface area (Å²) in [4.78, 5) is 0. The predicted octanol–water partition coefficient (Wildman–Crippen LogP) is 4.52. The van der Waals surface area contributed by atoms with Crippen LogP contribution in [0.25, 0.3) is 0 Å². The van der Waals surface area contributed by atoms with E-state index in [1.54, 1.807) is 30.3 Å². The number of aliphatic hydroxyl groups excluding tert-OH is 1. The first-order valence-corrected chi connectivity index (χ1v) is 6.61. The van der Waals surface area contributed by atoms with E-state index >= 15 is 0 Å². The van der Waals surface area contributed by atoms with Gasteiger partial charge in [-0.3, -0.25) is 0 Å². The molecule has 0 aliphatic carbocycles. The lowest BCUT2D eigenvalue weighted by Crippen LogP contribution is -2.02. The van der Waals surface area contributed by atoms with Crippen LogP contribution in [0.3, 0.4) is 0 Å². The molecule has 0 spiro atoms. The first-order valence-electron chi connectivity index (χ1n) is 5.44. The van der Waals surface area contributed by atoms with Gasteiger partial charge in [-0.2, -0.15) is 0 Å². The number of halogens is 3. The van der Waals surface area contributed by atoms with E-state index in [-0.39, 0.29) is 5.82 Å². The molecule has 1 nitrogen and oxygen atoms in total. The first kappa shape index (κ1) is 13.5. The zero-order valence-electron chi connectivity index (χ0n) is 9.41. The Morgan fingerprint density at radius 2 is 1.83 bits per heavy atom. The Bertz CT molecular complexity index is 542. The fraction of sp³-hybridized carbons (Fsp3) is 0.143. The Labute approximate surface area is 118 Å². The van der Waals surface area contributed by atoms with Crippen LogP contribution in [0.2, 0.25) is 5.02 Å². The van der Waals surface area contributed by atoms with Gasteiger partial charge in [0.25, 0.3) is 0 Å². The molecule has 1 N–H and O–H groups in total. The predicted molar refractivity (Wildman–Crippen MR) is 74.2 cm³/mol. The molecule has 4 heteroatoms. The average Bonchev–Trinajstić information content (AvgIpc) is 2.34. The summed E-state index contributed by atoms with van der Waals surface area (Å²) in [5, 5.41) is 10.7. The van der Waals surface area contributed by atoms with Crippen molar-refractivity contribution in [2.24, 2.45) is 0 Å². The Hall–Kier alpha value is -0.900. The Morgan fingerprint density at radius 3 is 2.50 bits per heavy atom. The number of hydrogen-bond acceptors (Lipinski definition) is 1. The van der Waals surface area contributed by atoms with Crippen LogP contribution in [0.1, 0.15) is 17.2 Å². The van der Waals surface area contributed by atoms with Crippen molar-refractivity contribution in [3.05, 3.63) is 68.9 Å². The molecular formula is C14H11BrClFO. The van der Waals surface area contributed by atoms with Gasteiger partial charge in [0.2, 0.25) is 0 Å².